The van der Waals surface area contributed by atoms with Crippen LogP contribution in [0.2, 0.25) is 5.02 Å². The SMILES string of the molecule is O=C(COc1ccccc1/C=C1\S/C(=N/N=C\c2ccccc2)N(Cc2ccco2)C1=O)Nc1ccc(Cl)cc1. The molecule has 1 saturated heterocycles. The van der Waals surface area contributed by atoms with Gasteiger partial charge >= 0.3 is 0 Å². The number of nitrogens with one attached hydrogen (secondary N) is 1. The molecule has 0 unspecified atom stereocenters. The highest BCUT2D eigenvalue weighted by Crippen LogP contribution is 2.35. The van der Waals surface area contributed by atoms with Crippen LogP contribution in [0.25, 0.3) is 6.08 Å². The van der Waals surface area contributed by atoms with Crippen LogP contribution in [0.1, 0.15) is 16.9 Å². The molecule has 0 bridgehead atoms. The smallest absolute Gasteiger partial charge is 0.267 e. The molecule has 1 N–H and O–H groups in total. The Balaban J connectivity index is 1.33. The van der Waals surface area contributed by atoms with E-state index >= 15 is 0 Å². The van der Waals surface area contributed by atoms with E-state index < -0.39 is 0 Å². The van der Waals surface area contributed by atoms with Gasteiger partial charge in [-0.15, -0.1) is 5.10 Å². The molecule has 200 valence electrons. The lowest BCUT2D eigenvalue weighted by Gasteiger charge is -2.12. The van der Waals surface area contributed by atoms with E-state index in [1.807, 2.05) is 42.5 Å². The van der Waals surface area contributed by atoms with E-state index in [1.165, 1.54) is 16.7 Å². The first kappa shape index (κ1) is 27.0. The van der Waals surface area contributed by atoms with E-state index in [0.29, 0.717) is 37.9 Å². The molecule has 10 heteroatoms. The van der Waals surface area contributed by atoms with Crippen LogP contribution in [0.3, 0.4) is 0 Å². The van der Waals surface area contributed by atoms with E-state index in [0.717, 1.165) is 5.56 Å². The number of halogens is 1. The monoisotopic (exact) mass is 570 g/mol. The van der Waals surface area contributed by atoms with Gasteiger partial charge in [0, 0.05) is 16.3 Å². The summed E-state index contributed by atoms with van der Waals surface area (Å²) in [5.41, 5.74) is 2.14. The van der Waals surface area contributed by atoms with Crippen LogP contribution < -0.4 is 10.1 Å². The van der Waals surface area contributed by atoms with E-state index in [4.69, 9.17) is 20.8 Å². The summed E-state index contributed by atoms with van der Waals surface area (Å²) in [4.78, 5) is 27.8. The maximum atomic E-state index is 13.4. The number of furan rings is 1. The Bertz CT molecular complexity index is 1570. The standard InChI is InChI=1S/C30H23ClN4O4S/c31-23-12-14-24(15-13-23)33-28(36)20-39-26-11-5-4-9-22(26)17-27-29(37)35(19-25-10-6-16-38-25)30(40-27)34-32-18-21-7-2-1-3-8-21/h1-18H,19-20H2,(H,33,36)/b27-17-,32-18-,34-30+. The number of hydrogen-bond acceptors (Lipinski definition) is 7. The second-order valence-corrected chi connectivity index (χ2v) is 9.95. The molecule has 1 fully saturated rings. The van der Waals surface area contributed by atoms with Gasteiger partial charge in [-0.3, -0.25) is 14.5 Å². The Kier molecular flexibility index (Phi) is 8.75. The first-order chi connectivity index (χ1) is 19.5. The molecule has 0 radical (unpaired) electrons. The maximum absolute atomic E-state index is 13.4. The second-order valence-electron chi connectivity index (χ2n) is 8.50. The highest BCUT2D eigenvalue weighted by Gasteiger charge is 2.34. The lowest BCUT2D eigenvalue weighted by Crippen LogP contribution is -2.28. The lowest BCUT2D eigenvalue weighted by atomic mass is 10.2. The third-order valence-electron chi connectivity index (χ3n) is 5.62. The van der Waals surface area contributed by atoms with Crippen molar-refractivity contribution in [1.82, 2.24) is 4.90 Å². The van der Waals surface area contributed by atoms with Crippen LogP contribution in [0.5, 0.6) is 5.75 Å². The van der Waals surface area contributed by atoms with E-state index in [2.05, 4.69) is 15.5 Å². The zero-order valence-electron chi connectivity index (χ0n) is 21.1. The van der Waals surface area contributed by atoms with Crippen LogP contribution in [-0.2, 0) is 16.1 Å². The molecular weight excluding hydrogens is 548 g/mol. The number of carbonyl (C=O) groups is 2. The summed E-state index contributed by atoms with van der Waals surface area (Å²) in [7, 11) is 0. The van der Waals surface area contributed by atoms with Crippen LogP contribution in [0, 0.1) is 0 Å². The van der Waals surface area contributed by atoms with Gasteiger partial charge in [-0.1, -0.05) is 60.1 Å². The van der Waals surface area contributed by atoms with Crippen molar-refractivity contribution in [2.24, 2.45) is 10.2 Å². The number of para-hydroxylation sites is 1. The first-order valence-corrected chi connectivity index (χ1v) is 13.4. The summed E-state index contributed by atoms with van der Waals surface area (Å²) in [6, 6.07) is 27.1. The number of ether oxygens (including phenoxy) is 1. The number of rotatable bonds is 9. The quantitative estimate of drug-likeness (QED) is 0.142. The minimum absolute atomic E-state index is 0.207. The molecule has 2 amide bonds. The predicted octanol–water partition coefficient (Wildman–Crippen LogP) is 6.46. The van der Waals surface area contributed by atoms with Gasteiger partial charge in [0.25, 0.3) is 11.8 Å². The summed E-state index contributed by atoms with van der Waals surface area (Å²) in [6.07, 6.45) is 4.90. The van der Waals surface area contributed by atoms with Gasteiger partial charge < -0.3 is 14.5 Å². The van der Waals surface area contributed by atoms with Crippen molar-refractivity contribution in [2.75, 3.05) is 11.9 Å². The summed E-state index contributed by atoms with van der Waals surface area (Å²) in [5.74, 6) is 0.502. The third-order valence-corrected chi connectivity index (χ3v) is 6.87. The van der Waals surface area contributed by atoms with Gasteiger partial charge in [0.1, 0.15) is 11.5 Å². The van der Waals surface area contributed by atoms with Crippen molar-refractivity contribution in [2.45, 2.75) is 6.54 Å². The van der Waals surface area contributed by atoms with Gasteiger partial charge in [0.2, 0.25) is 0 Å². The fourth-order valence-corrected chi connectivity index (χ4v) is 4.76. The number of anilines is 1. The number of carbonyl (C=O) groups excluding carboxylic acids is 2. The molecule has 1 aliphatic heterocycles. The zero-order valence-corrected chi connectivity index (χ0v) is 22.6. The Morgan fingerprint density at radius 2 is 1.77 bits per heavy atom. The minimum atomic E-state index is -0.327. The molecular formula is C30H23ClN4O4S. The van der Waals surface area contributed by atoms with Crippen LogP contribution in [-0.4, -0.2) is 34.7 Å². The van der Waals surface area contributed by atoms with E-state index in [-0.39, 0.29) is 25.0 Å². The molecule has 2 heterocycles. The van der Waals surface area contributed by atoms with Crippen molar-refractivity contribution in [1.29, 1.82) is 0 Å². The predicted molar refractivity (Wildman–Crippen MR) is 158 cm³/mol. The fourth-order valence-electron chi connectivity index (χ4n) is 3.71. The summed E-state index contributed by atoms with van der Waals surface area (Å²) < 4.78 is 11.3. The third kappa shape index (κ3) is 7.07. The molecule has 4 aromatic rings. The van der Waals surface area contributed by atoms with E-state index in [9.17, 15) is 9.59 Å². The Hall–Kier alpha value is -4.60. The van der Waals surface area contributed by atoms with Gasteiger partial charge in [0.05, 0.1) is 23.9 Å². The maximum Gasteiger partial charge on any atom is 0.267 e. The molecule has 0 aliphatic carbocycles. The van der Waals surface area contributed by atoms with Crippen molar-refractivity contribution in [3.63, 3.8) is 0 Å². The minimum Gasteiger partial charge on any atom is -0.483 e. The molecule has 0 saturated carbocycles. The summed E-state index contributed by atoms with van der Waals surface area (Å²) >= 11 is 7.10. The molecule has 5 rings (SSSR count). The van der Waals surface area contributed by atoms with Crippen molar-refractivity contribution in [3.05, 3.63) is 124 Å². The molecule has 40 heavy (non-hydrogen) atoms. The van der Waals surface area contributed by atoms with Crippen molar-refractivity contribution >= 4 is 58.3 Å². The number of thioether (sulfide) groups is 1. The van der Waals surface area contributed by atoms with Gasteiger partial charge in [-0.05, 0) is 65.9 Å². The Morgan fingerprint density at radius 3 is 2.55 bits per heavy atom. The molecule has 0 atom stereocenters. The number of hydrogen-bond donors (Lipinski definition) is 1. The molecule has 3 aromatic carbocycles. The molecule has 1 aliphatic rings. The Labute approximate surface area is 240 Å². The molecule has 0 spiro atoms. The van der Waals surface area contributed by atoms with E-state index in [1.54, 1.807) is 67.1 Å². The first-order valence-electron chi connectivity index (χ1n) is 12.2. The van der Waals surface area contributed by atoms with Gasteiger partial charge in [0.15, 0.2) is 11.8 Å². The normalized spacial score (nSPS) is 15.3. The number of benzene rings is 3. The average Bonchev–Trinajstić information content (AvgIpc) is 3.59. The van der Waals surface area contributed by atoms with Gasteiger partial charge in [-0.25, -0.2) is 0 Å². The number of amides is 2. The largest absolute Gasteiger partial charge is 0.483 e. The van der Waals surface area contributed by atoms with Crippen LogP contribution in [0.15, 0.2) is 117 Å². The lowest BCUT2D eigenvalue weighted by molar-refractivity contribution is -0.122. The number of amidine groups is 1. The Morgan fingerprint density at radius 1 is 1.00 bits per heavy atom. The highest BCUT2D eigenvalue weighted by molar-refractivity contribution is 8.18. The van der Waals surface area contributed by atoms with Crippen LogP contribution >= 0.6 is 23.4 Å². The van der Waals surface area contributed by atoms with Crippen molar-refractivity contribution < 1.29 is 18.7 Å². The van der Waals surface area contributed by atoms with Crippen molar-refractivity contribution in [3.8, 4) is 5.75 Å². The summed E-state index contributed by atoms with van der Waals surface area (Å²) in [5, 5.41) is 12.3. The fraction of sp³-hybridized carbons (Fsp3) is 0.0667. The second kappa shape index (κ2) is 13.0. The van der Waals surface area contributed by atoms with Crippen LogP contribution in [0.4, 0.5) is 5.69 Å². The highest BCUT2D eigenvalue weighted by atomic mass is 35.5. The number of nitrogens with zero attached hydrogens (tertiary/aromatic N) is 3. The van der Waals surface area contributed by atoms with Gasteiger partial charge in [-0.2, -0.15) is 5.10 Å². The topological polar surface area (TPSA) is 96.5 Å². The molecule has 8 nitrogen and oxygen atoms in total. The average molecular weight is 571 g/mol. The summed E-state index contributed by atoms with van der Waals surface area (Å²) in [6.45, 7) is -0.00565. The molecule has 1 aromatic heterocycles. The zero-order chi connectivity index (χ0) is 27.7.